The van der Waals surface area contributed by atoms with Crippen molar-refractivity contribution < 1.29 is 28.6 Å². The molecule has 6 nitrogen and oxygen atoms in total. The minimum atomic E-state index is -0.599. The Hall–Kier alpha value is -2.11. The quantitative estimate of drug-likeness (QED) is 0.276. The SMILES string of the molecule is C=CC(=O)OCCC(=O)OCCOC(=O)C(=C)C. The molecular weight excluding hydrogens is 240 g/mol. The van der Waals surface area contributed by atoms with Gasteiger partial charge in [0.2, 0.25) is 0 Å². The van der Waals surface area contributed by atoms with Crippen molar-refractivity contribution in [1.82, 2.24) is 0 Å². The standard InChI is InChI=1S/C12H16O6/c1-4-10(13)16-6-5-11(14)17-7-8-18-12(15)9(2)3/h4H,1-2,5-8H2,3H3. The zero-order valence-electron chi connectivity index (χ0n) is 10.3. The zero-order valence-corrected chi connectivity index (χ0v) is 10.3. The highest BCUT2D eigenvalue weighted by molar-refractivity contribution is 5.86. The van der Waals surface area contributed by atoms with Gasteiger partial charge in [0.25, 0.3) is 0 Å². The molecule has 0 heterocycles. The molecule has 0 atom stereocenters. The van der Waals surface area contributed by atoms with E-state index in [1.807, 2.05) is 0 Å². The lowest BCUT2D eigenvalue weighted by Crippen LogP contribution is -2.15. The lowest BCUT2D eigenvalue weighted by atomic mass is 10.4. The van der Waals surface area contributed by atoms with Gasteiger partial charge >= 0.3 is 17.9 Å². The summed E-state index contributed by atoms with van der Waals surface area (Å²) in [6, 6.07) is 0. The molecule has 0 aliphatic rings. The Balaban J connectivity index is 3.54. The van der Waals surface area contributed by atoms with Crippen molar-refractivity contribution in [2.75, 3.05) is 19.8 Å². The van der Waals surface area contributed by atoms with Crippen LogP contribution < -0.4 is 0 Å². The van der Waals surface area contributed by atoms with Crippen molar-refractivity contribution >= 4 is 17.9 Å². The van der Waals surface area contributed by atoms with Gasteiger partial charge in [0, 0.05) is 11.6 Å². The van der Waals surface area contributed by atoms with Crippen molar-refractivity contribution in [3.8, 4) is 0 Å². The summed E-state index contributed by atoms with van der Waals surface area (Å²) < 4.78 is 14.0. The Bertz CT molecular complexity index is 344. The van der Waals surface area contributed by atoms with Crippen LogP contribution in [-0.2, 0) is 28.6 Å². The minimum Gasteiger partial charge on any atom is -0.462 e. The number of carbonyl (C=O) groups is 3. The number of esters is 3. The Morgan fingerprint density at radius 1 is 1.06 bits per heavy atom. The third-order valence-electron chi connectivity index (χ3n) is 1.65. The van der Waals surface area contributed by atoms with Gasteiger partial charge in [-0.15, -0.1) is 0 Å². The van der Waals surface area contributed by atoms with Gasteiger partial charge in [-0.2, -0.15) is 0 Å². The summed E-state index contributed by atoms with van der Waals surface area (Å²) in [4.78, 5) is 32.7. The summed E-state index contributed by atoms with van der Waals surface area (Å²) in [7, 11) is 0. The van der Waals surface area contributed by atoms with E-state index < -0.39 is 17.9 Å². The summed E-state index contributed by atoms with van der Waals surface area (Å²) >= 11 is 0. The molecule has 0 fully saturated rings. The van der Waals surface area contributed by atoms with Gasteiger partial charge in [-0.25, -0.2) is 9.59 Å². The summed E-state index contributed by atoms with van der Waals surface area (Å²) in [5, 5.41) is 0. The maximum absolute atomic E-state index is 11.1. The Morgan fingerprint density at radius 3 is 2.22 bits per heavy atom. The van der Waals surface area contributed by atoms with Crippen LogP contribution in [0, 0.1) is 0 Å². The number of hydrogen-bond donors (Lipinski definition) is 0. The monoisotopic (exact) mass is 256 g/mol. The molecule has 0 unspecified atom stereocenters. The first-order valence-electron chi connectivity index (χ1n) is 5.24. The molecule has 0 aliphatic heterocycles. The van der Waals surface area contributed by atoms with Gasteiger partial charge in [-0.1, -0.05) is 13.2 Å². The van der Waals surface area contributed by atoms with E-state index in [1.54, 1.807) is 0 Å². The van der Waals surface area contributed by atoms with Gasteiger partial charge in [-0.3, -0.25) is 4.79 Å². The Labute approximate surface area is 105 Å². The number of ether oxygens (including phenoxy) is 3. The predicted octanol–water partition coefficient (Wildman–Crippen LogP) is 0.768. The molecule has 0 N–H and O–H groups in total. The molecule has 0 saturated carbocycles. The fraction of sp³-hybridized carbons (Fsp3) is 0.417. The van der Waals surface area contributed by atoms with Crippen LogP contribution in [-0.4, -0.2) is 37.7 Å². The fourth-order valence-electron chi connectivity index (χ4n) is 0.779. The molecule has 100 valence electrons. The van der Waals surface area contributed by atoms with Crippen LogP contribution >= 0.6 is 0 Å². The number of carbonyl (C=O) groups excluding carboxylic acids is 3. The first kappa shape index (κ1) is 15.9. The second-order valence-corrected chi connectivity index (χ2v) is 3.26. The van der Waals surface area contributed by atoms with Crippen molar-refractivity contribution in [2.24, 2.45) is 0 Å². The molecule has 0 aromatic rings. The Morgan fingerprint density at radius 2 is 1.67 bits per heavy atom. The van der Waals surface area contributed by atoms with Crippen LogP contribution in [0.2, 0.25) is 0 Å². The number of rotatable bonds is 8. The first-order valence-corrected chi connectivity index (χ1v) is 5.24. The van der Waals surface area contributed by atoms with E-state index in [2.05, 4.69) is 17.9 Å². The highest BCUT2D eigenvalue weighted by Gasteiger charge is 2.06. The summed E-state index contributed by atoms with van der Waals surface area (Å²) in [6.45, 7) is 7.95. The average Bonchev–Trinajstić information content (AvgIpc) is 2.33. The molecule has 0 amide bonds. The van der Waals surface area contributed by atoms with Crippen molar-refractivity contribution in [3.05, 3.63) is 24.8 Å². The van der Waals surface area contributed by atoms with Crippen LogP contribution in [0.1, 0.15) is 13.3 Å². The van der Waals surface area contributed by atoms with Crippen molar-refractivity contribution in [3.63, 3.8) is 0 Å². The highest BCUT2D eigenvalue weighted by atomic mass is 16.6. The molecule has 0 spiro atoms. The van der Waals surface area contributed by atoms with E-state index >= 15 is 0 Å². The van der Waals surface area contributed by atoms with E-state index in [0.717, 1.165) is 6.08 Å². The van der Waals surface area contributed by atoms with E-state index in [9.17, 15) is 14.4 Å². The third kappa shape index (κ3) is 8.09. The largest absolute Gasteiger partial charge is 0.462 e. The lowest BCUT2D eigenvalue weighted by Gasteiger charge is -2.06. The van der Waals surface area contributed by atoms with Crippen LogP contribution in [0.3, 0.4) is 0 Å². The van der Waals surface area contributed by atoms with Crippen LogP contribution in [0.25, 0.3) is 0 Å². The van der Waals surface area contributed by atoms with Crippen molar-refractivity contribution in [2.45, 2.75) is 13.3 Å². The zero-order chi connectivity index (χ0) is 14.0. The minimum absolute atomic E-state index is 0.0378. The lowest BCUT2D eigenvalue weighted by molar-refractivity contribution is -0.152. The van der Waals surface area contributed by atoms with E-state index in [4.69, 9.17) is 9.47 Å². The second-order valence-electron chi connectivity index (χ2n) is 3.26. The van der Waals surface area contributed by atoms with Gasteiger partial charge in [0.1, 0.15) is 19.8 Å². The molecule has 0 aliphatic carbocycles. The molecule has 0 aromatic heterocycles. The maximum Gasteiger partial charge on any atom is 0.333 e. The van der Waals surface area contributed by atoms with Crippen molar-refractivity contribution in [1.29, 1.82) is 0 Å². The second kappa shape index (κ2) is 8.98. The summed E-state index contributed by atoms with van der Waals surface area (Å²) in [5.41, 5.74) is 0.276. The van der Waals surface area contributed by atoms with E-state index in [0.29, 0.717) is 0 Å². The van der Waals surface area contributed by atoms with Gasteiger partial charge in [-0.05, 0) is 6.92 Å². The van der Waals surface area contributed by atoms with Gasteiger partial charge in [0.15, 0.2) is 0 Å². The molecule has 0 aromatic carbocycles. The normalized spacial score (nSPS) is 9.17. The van der Waals surface area contributed by atoms with Gasteiger partial charge < -0.3 is 14.2 Å². The smallest absolute Gasteiger partial charge is 0.333 e. The van der Waals surface area contributed by atoms with E-state index in [-0.39, 0.29) is 31.8 Å². The topological polar surface area (TPSA) is 78.9 Å². The fourth-order valence-corrected chi connectivity index (χ4v) is 0.779. The predicted molar refractivity (Wildman–Crippen MR) is 62.5 cm³/mol. The molecule has 0 saturated heterocycles. The molecule has 0 bridgehead atoms. The molecule has 6 heteroatoms. The number of hydrogen-bond acceptors (Lipinski definition) is 6. The summed E-state index contributed by atoms with van der Waals surface area (Å²) in [5.74, 6) is -1.68. The van der Waals surface area contributed by atoms with Crippen LogP contribution in [0.15, 0.2) is 24.8 Å². The third-order valence-corrected chi connectivity index (χ3v) is 1.65. The summed E-state index contributed by atoms with van der Waals surface area (Å²) in [6.07, 6.45) is 0.941. The molecule has 18 heavy (non-hydrogen) atoms. The Kier molecular flexibility index (Phi) is 7.92. The van der Waals surface area contributed by atoms with Crippen LogP contribution in [0.4, 0.5) is 0 Å². The molecular formula is C12H16O6. The highest BCUT2D eigenvalue weighted by Crippen LogP contribution is 1.93. The molecule has 0 rings (SSSR count). The van der Waals surface area contributed by atoms with E-state index in [1.165, 1.54) is 6.92 Å². The van der Waals surface area contributed by atoms with Gasteiger partial charge in [0.05, 0.1) is 6.42 Å². The maximum atomic E-state index is 11.1. The average molecular weight is 256 g/mol. The molecule has 0 radical (unpaired) electrons. The first-order chi connectivity index (χ1) is 8.47. The van der Waals surface area contributed by atoms with Crippen LogP contribution in [0.5, 0.6) is 0 Å².